The first kappa shape index (κ1) is 22.0. The molecule has 4 rings (SSSR count). The van der Waals surface area contributed by atoms with Crippen LogP contribution in [0.5, 0.6) is 0 Å². The van der Waals surface area contributed by atoms with Crippen LogP contribution < -0.4 is 10.6 Å². The van der Waals surface area contributed by atoms with E-state index in [0.717, 1.165) is 39.3 Å². The van der Waals surface area contributed by atoms with Gasteiger partial charge in [-0.15, -0.1) is 0 Å². The van der Waals surface area contributed by atoms with E-state index in [4.69, 9.17) is 0 Å². The largest absolute Gasteiger partial charge is 0.322 e. The van der Waals surface area contributed by atoms with Gasteiger partial charge in [0.1, 0.15) is 5.82 Å². The van der Waals surface area contributed by atoms with Gasteiger partial charge in [-0.2, -0.15) is 5.10 Å². The fraction of sp³-hybridized carbons (Fsp3) is 0.148. The third kappa shape index (κ3) is 4.70. The Bertz CT molecular complexity index is 1320. The molecule has 0 unspecified atom stereocenters. The molecular formula is C27H26N4O2. The fourth-order valence-electron chi connectivity index (χ4n) is 3.72. The van der Waals surface area contributed by atoms with E-state index in [1.807, 2.05) is 81.4 Å². The van der Waals surface area contributed by atoms with Crippen LogP contribution in [0.3, 0.4) is 0 Å². The minimum atomic E-state index is -0.185. The highest BCUT2D eigenvalue weighted by Gasteiger charge is 2.19. The minimum Gasteiger partial charge on any atom is -0.322 e. The molecule has 0 spiro atoms. The van der Waals surface area contributed by atoms with E-state index in [0.29, 0.717) is 11.4 Å². The van der Waals surface area contributed by atoms with Gasteiger partial charge in [0, 0.05) is 23.7 Å². The first-order valence-corrected chi connectivity index (χ1v) is 10.7. The molecule has 33 heavy (non-hydrogen) atoms. The summed E-state index contributed by atoms with van der Waals surface area (Å²) in [6.45, 7) is 7.38. The van der Waals surface area contributed by atoms with Crippen LogP contribution in [0.4, 0.5) is 11.5 Å². The fourth-order valence-corrected chi connectivity index (χ4v) is 3.72. The molecule has 0 bridgehead atoms. The maximum Gasteiger partial charge on any atom is 0.255 e. The number of carbonyl (C=O) groups excluding carboxylic acids is 2. The van der Waals surface area contributed by atoms with Gasteiger partial charge in [-0.1, -0.05) is 48.0 Å². The van der Waals surface area contributed by atoms with E-state index in [2.05, 4.69) is 15.7 Å². The monoisotopic (exact) mass is 438 g/mol. The van der Waals surface area contributed by atoms with Crippen LogP contribution in [0.1, 0.15) is 34.1 Å². The minimum absolute atomic E-state index is 0.182. The zero-order valence-corrected chi connectivity index (χ0v) is 19.1. The Kier molecular flexibility index (Phi) is 6.09. The van der Waals surface area contributed by atoms with Gasteiger partial charge < -0.3 is 10.6 Å². The van der Waals surface area contributed by atoms with Crippen LogP contribution in [0.25, 0.3) is 16.8 Å². The maximum atomic E-state index is 12.7. The smallest absolute Gasteiger partial charge is 0.255 e. The Morgan fingerprint density at radius 1 is 0.818 bits per heavy atom. The molecule has 0 radical (unpaired) electrons. The van der Waals surface area contributed by atoms with Crippen molar-refractivity contribution in [1.82, 2.24) is 9.78 Å². The predicted molar refractivity (Wildman–Crippen MR) is 132 cm³/mol. The molecular weight excluding hydrogens is 412 g/mol. The van der Waals surface area contributed by atoms with Crippen LogP contribution in [0.2, 0.25) is 0 Å². The molecule has 3 aromatic carbocycles. The number of aromatic nitrogens is 2. The van der Waals surface area contributed by atoms with Gasteiger partial charge in [-0.3, -0.25) is 9.59 Å². The molecule has 0 saturated carbocycles. The van der Waals surface area contributed by atoms with E-state index < -0.39 is 0 Å². The van der Waals surface area contributed by atoms with Crippen LogP contribution in [-0.4, -0.2) is 21.6 Å². The molecule has 166 valence electrons. The Morgan fingerprint density at radius 3 is 2.12 bits per heavy atom. The summed E-state index contributed by atoms with van der Waals surface area (Å²) in [4.78, 5) is 24.7. The van der Waals surface area contributed by atoms with E-state index in [9.17, 15) is 9.59 Å². The lowest BCUT2D eigenvalue weighted by molar-refractivity contribution is -0.114. The first-order valence-electron chi connectivity index (χ1n) is 10.7. The quantitative estimate of drug-likeness (QED) is 0.421. The van der Waals surface area contributed by atoms with Gasteiger partial charge >= 0.3 is 0 Å². The second-order valence-corrected chi connectivity index (χ2v) is 8.08. The van der Waals surface area contributed by atoms with Crippen LogP contribution in [-0.2, 0) is 4.79 Å². The highest BCUT2D eigenvalue weighted by atomic mass is 16.2. The second-order valence-electron chi connectivity index (χ2n) is 8.08. The van der Waals surface area contributed by atoms with Crippen molar-refractivity contribution in [1.29, 1.82) is 0 Å². The number of para-hydroxylation sites is 1. The summed E-state index contributed by atoms with van der Waals surface area (Å²) >= 11 is 0. The number of amides is 2. The Morgan fingerprint density at radius 2 is 1.48 bits per heavy atom. The molecule has 0 saturated heterocycles. The van der Waals surface area contributed by atoms with Gasteiger partial charge in [-0.25, -0.2) is 4.68 Å². The molecule has 2 amide bonds. The zero-order valence-electron chi connectivity index (χ0n) is 19.1. The average molecular weight is 439 g/mol. The third-order valence-electron chi connectivity index (χ3n) is 5.46. The lowest BCUT2D eigenvalue weighted by Crippen LogP contribution is -2.14. The molecule has 2 N–H and O–H groups in total. The lowest BCUT2D eigenvalue weighted by atomic mass is 10.0. The lowest BCUT2D eigenvalue weighted by Gasteiger charge is -2.12. The van der Waals surface area contributed by atoms with Crippen LogP contribution in [0.15, 0.2) is 72.8 Å². The number of carbonyl (C=O) groups is 2. The molecule has 4 aromatic rings. The summed E-state index contributed by atoms with van der Waals surface area (Å²) in [6.07, 6.45) is 0. The van der Waals surface area contributed by atoms with Crippen LogP contribution in [0, 0.1) is 20.8 Å². The van der Waals surface area contributed by atoms with E-state index >= 15 is 0 Å². The Balaban J connectivity index is 1.68. The highest BCUT2D eigenvalue weighted by Crippen LogP contribution is 2.33. The maximum absolute atomic E-state index is 12.7. The topological polar surface area (TPSA) is 76.0 Å². The molecule has 0 aliphatic carbocycles. The molecule has 6 heteroatoms. The molecule has 0 atom stereocenters. The number of aryl methyl sites for hydroxylation is 3. The summed E-state index contributed by atoms with van der Waals surface area (Å²) in [6, 6.07) is 22.9. The Hall–Kier alpha value is -4.19. The van der Waals surface area contributed by atoms with Crippen molar-refractivity contribution >= 4 is 23.3 Å². The number of hydrogen-bond donors (Lipinski definition) is 2. The van der Waals surface area contributed by atoms with Gasteiger partial charge in [0.25, 0.3) is 5.91 Å². The van der Waals surface area contributed by atoms with Gasteiger partial charge in [0.2, 0.25) is 5.91 Å². The van der Waals surface area contributed by atoms with Gasteiger partial charge in [0.15, 0.2) is 0 Å². The van der Waals surface area contributed by atoms with Crippen molar-refractivity contribution in [3.8, 4) is 16.8 Å². The van der Waals surface area contributed by atoms with Crippen molar-refractivity contribution in [2.45, 2.75) is 27.7 Å². The van der Waals surface area contributed by atoms with Crippen molar-refractivity contribution in [2.75, 3.05) is 10.6 Å². The van der Waals surface area contributed by atoms with Crippen molar-refractivity contribution in [2.24, 2.45) is 0 Å². The molecule has 1 heterocycles. The number of hydrogen-bond acceptors (Lipinski definition) is 3. The standard InChI is InChI=1S/C27H26N4O2/c1-17-9-11-21(12-10-17)25-19(3)30-31(26(25)28-20(4)32)23-15-13-22(14-16-23)27(33)29-24-8-6-5-7-18(24)2/h5-16H,1-4H3,(H,28,32)(H,29,33). The van der Waals surface area contributed by atoms with Crippen LogP contribution >= 0.6 is 0 Å². The summed E-state index contributed by atoms with van der Waals surface area (Å²) in [7, 11) is 0. The summed E-state index contributed by atoms with van der Waals surface area (Å²) in [5.74, 6) is 0.231. The summed E-state index contributed by atoms with van der Waals surface area (Å²) in [5, 5.41) is 10.6. The molecule has 0 aliphatic rings. The molecule has 0 aliphatic heterocycles. The number of nitrogens with zero attached hydrogens (tertiary/aromatic N) is 2. The third-order valence-corrected chi connectivity index (χ3v) is 5.46. The number of rotatable bonds is 5. The van der Waals surface area contributed by atoms with Crippen molar-refractivity contribution in [3.05, 3.63) is 95.2 Å². The zero-order chi connectivity index (χ0) is 23.5. The summed E-state index contributed by atoms with van der Waals surface area (Å²) < 4.78 is 1.70. The first-order chi connectivity index (χ1) is 15.8. The summed E-state index contributed by atoms with van der Waals surface area (Å²) in [5.41, 5.74) is 6.85. The molecule has 1 aromatic heterocycles. The van der Waals surface area contributed by atoms with Gasteiger partial charge in [-0.05, 0) is 62.2 Å². The van der Waals surface area contributed by atoms with E-state index in [1.54, 1.807) is 16.8 Å². The van der Waals surface area contributed by atoms with Crippen molar-refractivity contribution in [3.63, 3.8) is 0 Å². The molecule has 6 nitrogen and oxygen atoms in total. The highest BCUT2D eigenvalue weighted by molar-refractivity contribution is 6.04. The number of anilines is 2. The number of nitrogens with one attached hydrogen (secondary N) is 2. The Labute approximate surface area is 193 Å². The van der Waals surface area contributed by atoms with E-state index in [1.165, 1.54) is 6.92 Å². The van der Waals surface area contributed by atoms with Crippen molar-refractivity contribution < 1.29 is 9.59 Å². The molecule has 0 fully saturated rings. The predicted octanol–water partition coefficient (Wildman–Crippen LogP) is 5.68. The second kappa shape index (κ2) is 9.12. The SMILES string of the molecule is CC(=O)Nc1c(-c2ccc(C)cc2)c(C)nn1-c1ccc(C(=O)Nc2ccccc2C)cc1. The normalized spacial score (nSPS) is 10.7. The van der Waals surface area contributed by atoms with Gasteiger partial charge in [0.05, 0.1) is 11.4 Å². The number of benzene rings is 3. The average Bonchev–Trinajstić information content (AvgIpc) is 3.11. The van der Waals surface area contributed by atoms with E-state index in [-0.39, 0.29) is 11.8 Å².